The summed E-state index contributed by atoms with van der Waals surface area (Å²) in [6.07, 6.45) is 0. The number of thiazole rings is 1. The topological polar surface area (TPSA) is 68.0 Å². The van der Waals surface area contributed by atoms with Gasteiger partial charge in [0, 0.05) is 15.5 Å². The Morgan fingerprint density at radius 2 is 2.30 bits per heavy atom. The number of anilines is 1. The lowest BCUT2D eigenvalue weighted by Crippen LogP contribution is -2.22. The molecule has 0 bridgehead atoms. The number of nitrogens with one attached hydrogen (secondary N) is 1. The third-order valence-electron chi connectivity index (χ3n) is 2.81. The van der Waals surface area contributed by atoms with Crippen LogP contribution in [0.3, 0.4) is 0 Å². The summed E-state index contributed by atoms with van der Waals surface area (Å²) in [5, 5.41) is 5.20. The van der Waals surface area contributed by atoms with Crippen molar-refractivity contribution in [2.45, 2.75) is 6.54 Å². The average Bonchev–Trinajstić information content (AvgIpc) is 3.05. The van der Waals surface area contributed by atoms with E-state index in [1.807, 2.05) is 5.38 Å². The summed E-state index contributed by atoms with van der Waals surface area (Å²) in [5.74, 6) is -0.631. The van der Waals surface area contributed by atoms with Crippen molar-refractivity contribution in [2.24, 2.45) is 0 Å². The van der Waals surface area contributed by atoms with E-state index in [0.717, 1.165) is 10.4 Å². The van der Waals surface area contributed by atoms with Crippen LogP contribution in [0.2, 0.25) is 0 Å². The highest BCUT2D eigenvalue weighted by Crippen LogP contribution is 2.33. The summed E-state index contributed by atoms with van der Waals surface area (Å²) >= 11 is 2.73. The molecule has 1 aromatic carbocycles. The van der Waals surface area contributed by atoms with Gasteiger partial charge in [-0.05, 0) is 18.2 Å². The van der Waals surface area contributed by atoms with Crippen molar-refractivity contribution < 1.29 is 9.18 Å². The number of rotatable bonds is 3. The van der Waals surface area contributed by atoms with Gasteiger partial charge in [-0.3, -0.25) is 4.79 Å². The minimum atomic E-state index is -0.364. The number of aromatic nitrogens is 1. The van der Waals surface area contributed by atoms with Crippen molar-refractivity contribution in [1.82, 2.24) is 10.3 Å². The zero-order valence-electron chi connectivity index (χ0n) is 10.2. The normalized spacial score (nSPS) is 10.8. The van der Waals surface area contributed by atoms with Gasteiger partial charge in [0.05, 0.1) is 23.4 Å². The van der Waals surface area contributed by atoms with Crippen molar-refractivity contribution in [1.29, 1.82) is 0 Å². The second-order valence-electron chi connectivity index (χ2n) is 4.15. The number of carbonyl (C=O) groups is 1. The maximum Gasteiger partial charge on any atom is 0.263 e. The first-order valence-corrected chi connectivity index (χ1v) is 7.54. The van der Waals surface area contributed by atoms with Gasteiger partial charge in [-0.2, -0.15) is 0 Å². The van der Waals surface area contributed by atoms with Crippen molar-refractivity contribution >= 4 is 44.4 Å². The third kappa shape index (κ3) is 2.37. The van der Waals surface area contributed by atoms with E-state index in [-0.39, 0.29) is 11.7 Å². The van der Waals surface area contributed by atoms with E-state index >= 15 is 0 Å². The molecule has 0 saturated carbocycles. The smallest absolute Gasteiger partial charge is 0.263 e. The highest BCUT2D eigenvalue weighted by molar-refractivity contribution is 7.21. The molecular formula is C13H10FN3OS2. The predicted molar refractivity (Wildman–Crippen MR) is 79.5 cm³/mol. The number of hydrogen-bond acceptors (Lipinski definition) is 5. The number of amides is 1. The molecule has 102 valence electrons. The molecule has 0 aliphatic heterocycles. The molecule has 3 aromatic rings. The Hall–Kier alpha value is -1.99. The Labute approximate surface area is 122 Å². The van der Waals surface area contributed by atoms with Crippen LogP contribution in [-0.4, -0.2) is 10.9 Å². The summed E-state index contributed by atoms with van der Waals surface area (Å²) in [6.45, 7) is 0.352. The van der Waals surface area contributed by atoms with Gasteiger partial charge in [-0.15, -0.1) is 22.7 Å². The van der Waals surface area contributed by atoms with E-state index < -0.39 is 0 Å². The molecule has 4 nitrogen and oxygen atoms in total. The predicted octanol–water partition coefficient (Wildman–Crippen LogP) is 3.01. The second-order valence-corrected chi connectivity index (χ2v) is 5.92. The number of benzene rings is 1. The van der Waals surface area contributed by atoms with E-state index in [0.29, 0.717) is 22.5 Å². The molecule has 0 aliphatic carbocycles. The molecule has 7 heteroatoms. The lowest BCUT2D eigenvalue weighted by Gasteiger charge is -2.01. The summed E-state index contributed by atoms with van der Waals surface area (Å²) in [7, 11) is 0. The number of nitrogens with two attached hydrogens (primary N) is 1. The molecule has 3 N–H and O–H groups in total. The van der Waals surface area contributed by atoms with Crippen molar-refractivity contribution in [3.05, 3.63) is 45.5 Å². The highest BCUT2D eigenvalue weighted by atomic mass is 32.1. The van der Waals surface area contributed by atoms with Gasteiger partial charge in [0.1, 0.15) is 10.7 Å². The van der Waals surface area contributed by atoms with Gasteiger partial charge >= 0.3 is 0 Å². The zero-order chi connectivity index (χ0) is 14.1. The van der Waals surface area contributed by atoms with E-state index in [9.17, 15) is 9.18 Å². The minimum Gasteiger partial charge on any atom is -0.397 e. The van der Waals surface area contributed by atoms with Crippen LogP contribution in [0, 0.1) is 5.82 Å². The molecule has 20 heavy (non-hydrogen) atoms. The number of halogens is 1. The Kier molecular flexibility index (Phi) is 3.37. The maximum atomic E-state index is 13.2. The van der Waals surface area contributed by atoms with Crippen LogP contribution in [-0.2, 0) is 6.54 Å². The van der Waals surface area contributed by atoms with Crippen LogP contribution in [0.4, 0.5) is 10.1 Å². The Balaban J connectivity index is 1.86. The summed E-state index contributed by atoms with van der Waals surface area (Å²) in [6, 6.07) is 4.33. The molecule has 2 aromatic heterocycles. The van der Waals surface area contributed by atoms with Gasteiger partial charge in [-0.25, -0.2) is 9.37 Å². The van der Waals surface area contributed by atoms with Crippen molar-refractivity contribution in [2.75, 3.05) is 5.73 Å². The van der Waals surface area contributed by atoms with Crippen LogP contribution in [0.1, 0.15) is 15.4 Å². The third-order valence-corrected chi connectivity index (χ3v) is 4.63. The summed E-state index contributed by atoms with van der Waals surface area (Å²) in [5.41, 5.74) is 8.75. The fourth-order valence-corrected chi connectivity index (χ4v) is 3.41. The van der Waals surface area contributed by atoms with Gasteiger partial charge < -0.3 is 11.1 Å². The van der Waals surface area contributed by atoms with Crippen LogP contribution in [0.5, 0.6) is 0 Å². The molecule has 2 heterocycles. The minimum absolute atomic E-state index is 0.267. The van der Waals surface area contributed by atoms with Gasteiger partial charge in [0.2, 0.25) is 0 Å². The van der Waals surface area contributed by atoms with Gasteiger partial charge in [0.25, 0.3) is 5.91 Å². The lowest BCUT2D eigenvalue weighted by molar-refractivity contribution is 0.0955. The fraction of sp³-hybridized carbons (Fsp3) is 0.0769. The zero-order valence-corrected chi connectivity index (χ0v) is 11.9. The highest BCUT2D eigenvalue weighted by Gasteiger charge is 2.16. The molecule has 3 rings (SSSR count). The molecule has 0 unspecified atom stereocenters. The molecule has 1 amide bonds. The van der Waals surface area contributed by atoms with Crippen molar-refractivity contribution in [3.63, 3.8) is 0 Å². The Bertz CT molecular complexity index is 767. The molecule has 0 spiro atoms. The molecule has 0 fully saturated rings. The van der Waals surface area contributed by atoms with Crippen LogP contribution in [0.25, 0.3) is 10.1 Å². The van der Waals surface area contributed by atoms with E-state index in [4.69, 9.17) is 5.73 Å². The Morgan fingerprint density at radius 1 is 1.45 bits per heavy atom. The first-order valence-electron chi connectivity index (χ1n) is 5.78. The van der Waals surface area contributed by atoms with E-state index in [1.54, 1.807) is 11.6 Å². The van der Waals surface area contributed by atoms with Crippen LogP contribution < -0.4 is 11.1 Å². The van der Waals surface area contributed by atoms with Crippen LogP contribution >= 0.6 is 22.7 Å². The maximum absolute atomic E-state index is 13.2. The molecule has 0 aliphatic rings. The SMILES string of the molecule is Nc1c(C(=O)NCc2cscn2)sc2ccc(F)cc12. The van der Waals surface area contributed by atoms with Gasteiger partial charge in [-0.1, -0.05) is 0 Å². The first kappa shape index (κ1) is 13.0. The number of fused-ring (bicyclic) bond motifs is 1. The summed E-state index contributed by atoms with van der Waals surface area (Å²) < 4.78 is 14.0. The second kappa shape index (κ2) is 5.18. The first-order chi connectivity index (χ1) is 9.65. The molecule has 0 radical (unpaired) electrons. The number of nitrogens with zero attached hydrogens (tertiary/aromatic N) is 1. The number of hydrogen-bond donors (Lipinski definition) is 2. The Morgan fingerprint density at radius 3 is 3.05 bits per heavy atom. The number of thiophene rings is 1. The largest absolute Gasteiger partial charge is 0.397 e. The van der Waals surface area contributed by atoms with Crippen molar-refractivity contribution in [3.8, 4) is 0 Å². The average molecular weight is 307 g/mol. The quantitative estimate of drug-likeness (QED) is 0.781. The van der Waals surface area contributed by atoms with E-state index in [1.165, 1.54) is 34.8 Å². The molecule has 0 saturated heterocycles. The standard InChI is InChI=1S/C13H10FN3OS2/c14-7-1-2-10-9(3-7)11(15)12(20-10)13(18)16-4-8-5-19-6-17-8/h1-3,5-6H,4,15H2,(H,16,18). The van der Waals surface area contributed by atoms with Gasteiger partial charge in [0.15, 0.2) is 0 Å². The monoisotopic (exact) mass is 307 g/mol. The summed E-state index contributed by atoms with van der Waals surface area (Å²) in [4.78, 5) is 16.6. The molecule has 0 atom stereocenters. The fourth-order valence-electron chi connectivity index (χ4n) is 1.83. The van der Waals surface area contributed by atoms with E-state index in [2.05, 4.69) is 10.3 Å². The molecular weight excluding hydrogens is 297 g/mol. The number of carbonyl (C=O) groups excluding carboxylic acids is 1. The van der Waals surface area contributed by atoms with Crippen LogP contribution in [0.15, 0.2) is 29.1 Å². The number of nitrogen functional groups attached to an aromatic ring is 1. The lowest BCUT2D eigenvalue weighted by atomic mass is 10.2.